The van der Waals surface area contributed by atoms with Gasteiger partial charge in [0, 0.05) is 12.4 Å². The fraction of sp³-hybridized carbons (Fsp3) is 0.0833. The van der Waals surface area contributed by atoms with Crippen molar-refractivity contribution in [3.8, 4) is 0 Å². The van der Waals surface area contributed by atoms with Gasteiger partial charge in [0.15, 0.2) is 5.48 Å². The van der Waals surface area contributed by atoms with Crippen molar-refractivity contribution in [1.29, 1.82) is 0 Å². The van der Waals surface area contributed by atoms with Crippen LogP contribution in [0.1, 0.15) is 0 Å². The molecule has 0 unspecified atom stereocenters. The van der Waals surface area contributed by atoms with Crippen molar-refractivity contribution in [1.82, 2.24) is 9.55 Å². The number of nitrogens with one attached hydrogen (secondary N) is 1. The van der Waals surface area contributed by atoms with Crippen LogP contribution in [0.15, 0.2) is 30.5 Å². The molecule has 4 nitrogen and oxygen atoms in total. The third-order valence-electron chi connectivity index (χ3n) is 3.07. The molecule has 0 spiro atoms. The van der Waals surface area contributed by atoms with Gasteiger partial charge in [0.2, 0.25) is 0 Å². The molecule has 16 heavy (non-hydrogen) atoms. The van der Waals surface area contributed by atoms with Crippen LogP contribution in [0.3, 0.4) is 0 Å². The van der Waals surface area contributed by atoms with Crippen molar-refractivity contribution in [3.05, 3.63) is 41.3 Å². The Bertz CT molecular complexity index is 683. The maximum atomic E-state index is 4.36. The molecule has 0 radical (unpaired) electrons. The van der Waals surface area contributed by atoms with E-state index in [1.165, 1.54) is 5.69 Å². The predicted octanol–water partition coefficient (Wildman–Crippen LogP) is 0.262. The SMILES string of the molecule is C1=c2cnc3n2CN1c1ccccc1NC=3. The molecule has 2 aliphatic heterocycles. The minimum absolute atomic E-state index is 0.847. The molecule has 2 bridgehead atoms. The summed E-state index contributed by atoms with van der Waals surface area (Å²) in [6.07, 6.45) is 6.00. The van der Waals surface area contributed by atoms with Gasteiger partial charge in [-0.1, -0.05) is 12.1 Å². The zero-order chi connectivity index (χ0) is 10.5. The number of para-hydroxylation sites is 2. The van der Waals surface area contributed by atoms with Crippen LogP contribution in [0, 0.1) is 0 Å². The van der Waals surface area contributed by atoms with Crippen molar-refractivity contribution in [3.63, 3.8) is 0 Å². The first kappa shape index (κ1) is 7.98. The minimum Gasteiger partial charge on any atom is -0.357 e. The molecule has 3 heterocycles. The fourth-order valence-corrected chi connectivity index (χ4v) is 2.26. The fourth-order valence-electron chi connectivity index (χ4n) is 2.26. The molecule has 0 fully saturated rings. The zero-order valence-electron chi connectivity index (χ0n) is 8.59. The van der Waals surface area contributed by atoms with Gasteiger partial charge in [-0.05, 0) is 12.1 Å². The van der Waals surface area contributed by atoms with Crippen LogP contribution in [-0.2, 0) is 6.67 Å². The molecule has 1 aromatic carbocycles. The number of hydrogen-bond donors (Lipinski definition) is 1. The minimum atomic E-state index is 0.847. The standard InChI is InChI=1S/C12H10N4/c1-2-4-11-10(3-1)13-6-12-14-5-9-7-15(11)8-16(9)12/h1-7,13H,8H2. The van der Waals surface area contributed by atoms with Gasteiger partial charge in [0.25, 0.3) is 0 Å². The number of fused-ring (bicyclic) bond motifs is 3. The van der Waals surface area contributed by atoms with E-state index in [0.29, 0.717) is 0 Å². The van der Waals surface area contributed by atoms with Crippen LogP contribution in [-0.4, -0.2) is 9.55 Å². The number of imidazole rings is 1. The summed E-state index contributed by atoms with van der Waals surface area (Å²) in [7, 11) is 0. The molecular weight excluding hydrogens is 200 g/mol. The van der Waals surface area contributed by atoms with Gasteiger partial charge in [0.05, 0.1) is 22.9 Å². The first-order valence-electron chi connectivity index (χ1n) is 5.28. The van der Waals surface area contributed by atoms with E-state index < -0.39 is 0 Å². The van der Waals surface area contributed by atoms with E-state index in [4.69, 9.17) is 0 Å². The van der Waals surface area contributed by atoms with Crippen LogP contribution in [0.25, 0.3) is 12.4 Å². The maximum absolute atomic E-state index is 4.36. The average molecular weight is 210 g/mol. The number of benzene rings is 1. The smallest absolute Gasteiger partial charge is 0.150 e. The van der Waals surface area contributed by atoms with Crippen molar-refractivity contribution in [2.75, 3.05) is 10.2 Å². The maximum Gasteiger partial charge on any atom is 0.150 e. The molecule has 1 aromatic heterocycles. The Labute approximate surface area is 92.1 Å². The summed E-state index contributed by atoms with van der Waals surface area (Å²) in [5.74, 6) is 0. The molecule has 0 saturated carbocycles. The van der Waals surface area contributed by atoms with E-state index in [-0.39, 0.29) is 0 Å². The van der Waals surface area contributed by atoms with Crippen LogP contribution < -0.4 is 21.0 Å². The van der Waals surface area contributed by atoms with E-state index in [9.17, 15) is 0 Å². The second-order valence-corrected chi connectivity index (χ2v) is 4.02. The zero-order valence-corrected chi connectivity index (χ0v) is 8.59. The molecule has 2 aromatic rings. The van der Waals surface area contributed by atoms with Gasteiger partial charge >= 0.3 is 0 Å². The Kier molecular flexibility index (Phi) is 1.33. The summed E-state index contributed by atoms with van der Waals surface area (Å²) in [5, 5.41) is 4.46. The van der Waals surface area contributed by atoms with Gasteiger partial charge in [-0.3, -0.25) is 0 Å². The lowest BCUT2D eigenvalue weighted by molar-refractivity contribution is 0.708. The van der Waals surface area contributed by atoms with Crippen LogP contribution in [0.4, 0.5) is 11.4 Å². The van der Waals surface area contributed by atoms with Crippen molar-refractivity contribution in [2.45, 2.75) is 6.67 Å². The Morgan fingerprint density at radius 3 is 3.19 bits per heavy atom. The molecule has 0 atom stereocenters. The van der Waals surface area contributed by atoms with Crippen LogP contribution in [0.5, 0.6) is 0 Å². The highest BCUT2D eigenvalue weighted by Gasteiger charge is 2.17. The summed E-state index contributed by atoms with van der Waals surface area (Å²) < 4.78 is 2.18. The van der Waals surface area contributed by atoms with E-state index >= 15 is 0 Å². The summed E-state index contributed by atoms with van der Waals surface area (Å²) in [6, 6.07) is 8.30. The van der Waals surface area contributed by atoms with Gasteiger partial charge in [-0.2, -0.15) is 0 Å². The first-order chi connectivity index (χ1) is 7.92. The largest absolute Gasteiger partial charge is 0.357 e. The van der Waals surface area contributed by atoms with Gasteiger partial charge < -0.3 is 14.8 Å². The van der Waals surface area contributed by atoms with Gasteiger partial charge in [-0.15, -0.1) is 0 Å². The third-order valence-corrected chi connectivity index (χ3v) is 3.07. The van der Waals surface area contributed by atoms with Crippen LogP contribution >= 0.6 is 0 Å². The molecular formula is C12H10N4. The Balaban J connectivity index is 2.07. The summed E-state index contributed by atoms with van der Waals surface area (Å²) in [6.45, 7) is 0.847. The Hall–Kier alpha value is -2.23. The second-order valence-electron chi connectivity index (χ2n) is 4.02. The number of rotatable bonds is 0. The number of anilines is 2. The van der Waals surface area contributed by atoms with E-state index in [1.807, 2.05) is 18.5 Å². The monoisotopic (exact) mass is 210 g/mol. The average Bonchev–Trinajstić information content (AvgIpc) is 2.86. The van der Waals surface area contributed by atoms with Crippen molar-refractivity contribution in [2.24, 2.45) is 0 Å². The highest BCUT2D eigenvalue weighted by atomic mass is 15.3. The number of hydrogen-bond acceptors (Lipinski definition) is 3. The second kappa shape index (κ2) is 2.66. The van der Waals surface area contributed by atoms with Crippen molar-refractivity contribution < 1.29 is 0 Å². The van der Waals surface area contributed by atoms with Gasteiger partial charge in [0.1, 0.15) is 6.67 Å². The molecule has 78 valence electrons. The lowest BCUT2D eigenvalue weighted by Gasteiger charge is -2.21. The molecule has 2 aliphatic rings. The summed E-state index contributed by atoms with van der Waals surface area (Å²) in [4.78, 5) is 6.59. The van der Waals surface area contributed by atoms with Crippen molar-refractivity contribution >= 4 is 23.8 Å². The Morgan fingerprint density at radius 1 is 1.25 bits per heavy atom. The Morgan fingerprint density at radius 2 is 2.19 bits per heavy atom. The topological polar surface area (TPSA) is 33.1 Å². The van der Waals surface area contributed by atoms with E-state index in [2.05, 4.69) is 44.2 Å². The lowest BCUT2D eigenvalue weighted by atomic mass is 10.2. The molecule has 0 amide bonds. The third kappa shape index (κ3) is 0.908. The molecule has 4 heteroatoms. The quantitative estimate of drug-likeness (QED) is 0.677. The van der Waals surface area contributed by atoms with Crippen LogP contribution in [0.2, 0.25) is 0 Å². The summed E-state index contributed by atoms with van der Waals surface area (Å²) >= 11 is 0. The molecule has 4 rings (SSSR count). The molecule has 0 aliphatic carbocycles. The van der Waals surface area contributed by atoms with E-state index in [1.54, 1.807) is 0 Å². The lowest BCUT2D eigenvalue weighted by Crippen LogP contribution is -2.29. The predicted molar refractivity (Wildman–Crippen MR) is 63.0 cm³/mol. The van der Waals surface area contributed by atoms with E-state index in [0.717, 1.165) is 23.2 Å². The number of aromatic nitrogens is 2. The molecule has 0 saturated heterocycles. The first-order valence-corrected chi connectivity index (χ1v) is 5.28. The highest BCUT2D eigenvalue weighted by molar-refractivity contribution is 5.78. The normalized spacial score (nSPS) is 15.4. The molecule has 1 N–H and O–H groups in total. The highest BCUT2D eigenvalue weighted by Crippen LogP contribution is 2.27. The number of nitrogens with zero attached hydrogens (tertiary/aromatic N) is 3. The summed E-state index contributed by atoms with van der Waals surface area (Å²) in [5.41, 5.74) is 3.30. The van der Waals surface area contributed by atoms with Gasteiger partial charge in [-0.25, -0.2) is 4.98 Å².